The van der Waals surface area contributed by atoms with Gasteiger partial charge >= 0.3 is 61.4 Å². The molecule has 0 fully saturated rings. The fraction of sp³-hybridized carbons (Fsp3) is 0.833. The molecule has 1 nitrogen and oxygen atoms in total. The Balaban J connectivity index is 3.24. The van der Waals surface area contributed by atoms with E-state index in [1.54, 1.807) is 0 Å². The molecule has 0 aliphatic rings. The summed E-state index contributed by atoms with van der Waals surface area (Å²) in [5, 5.41) is 7.15. The molecule has 0 aliphatic heterocycles. The van der Waals surface area contributed by atoms with E-state index in [4.69, 9.17) is 5.41 Å². The van der Waals surface area contributed by atoms with Crippen molar-refractivity contribution in [3.05, 3.63) is 0 Å². The van der Waals surface area contributed by atoms with Crippen molar-refractivity contribution in [1.82, 2.24) is 0 Å². The molecule has 2 heteroatoms. The van der Waals surface area contributed by atoms with Crippen LogP contribution in [0.4, 0.5) is 0 Å². The maximum atomic E-state index is 7.15. The van der Waals surface area contributed by atoms with Crippen molar-refractivity contribution in [2.75, 3.05) is 4.93 Å². The number of hydrogen-bond donors (Lipinski definition) is 1. The molecule has 0 heterocycles. The van der Waals surface area contributed by atoms with Crippen LogP contribution in [-0.4, -0.2) is 14.6 Å². The van der Waals surface area contributed by atoms with Gasteiger partial charge in [-0.2, -0.15) is 0 Å². The quantitative estimate of drug-likeness (QED) is 0.345. The van der Waals surface area contributed by atoms with E-state index in [0.717, 1.165) is 16.1 Å². The molecule has 0 unspecified atom stereocenters. The third-order valence-corrected chi connectivity index (χ3v) is 3.53. The third-order valence-electron chi connectivity index (χ3n) is 0.960. The van der Waals surface area contributed by atoms with Crippen molar-refractivity contribution in [1.29, 1.82) is 5.41 Å². The van der Waals surface area contributed by atoms with E-state index < -0.39 is 0 Å². The van der Waals surface area contributed by atoms with Crippen LogP contribution in [0.3, 0.4) is 0 Å². The fourth-order valence-electron chi connectivity index (χ4n) is 0.499. The summed E-state index contributed by atoms with van der Waals surface area (Å²) >= 11 is 0.370. The number of rotatable bonds is 3. The van der Waals surface area contributed by atoms with Crippen molar-refractivity contribution in [2.24, 2.45) is 0 Å². The van der Waals surface area contributed by atoms with Gasteiger partial charge in [-0.05, 0) is 0 Å². The van der Waals surface area contributed by atoms with Gasteiger partial charge in [0.2, 0.25) is 0 Å². The number of halogens is 1. The van der Waals surface area contributed by atoms with Gasteiger partial charge in [0.25, 0.3) is 0 Å². The fourth-order valence-corrected chi connectivity index (χ4v) is 1.60. The van der Waals surface area contributed by atoms with Crippen LogP contribution in [0.2, 0.25) is 0 Å². The summed E-state index contributed by atoms with van der Waals surface area (Å²) in [5.41, 5.74) is 0.832. The van der Waals surface area contributed by atoms with Gasteiger partial charge < -0.3 is 0 Å². The molecule has 0 aromatic carbocycles. The minimum atomic E-state index is 0.370. The first-order valence-corrected chi connectivity index (χ1v) is 6.09. The Morgan fingerprint density at radius 3 is 2.38 bits per heavy atom. The zero-order valence-electron chi connectivity index (χ0n) is 5.66. The van der Waals surface area contributed by atoms with E-state index in [0.29, 0.717) is 21.2 Å². The molecule has 0 bridgehead atoms. The van der Waals surface area contributed by atoms with Crippen molar-refractivity contribution < 1.29 is 21.2 Å². The minimum absolute atomic E-state index is 0.370. The molecule has 0 saturated heterocycles. The molecule has 0 aromatic rings. The second-order valence-corrected chi connectivity index (χ2v) is 5.36. The molecular weight excluding hydrogens is 213 g/mol. The first-order chi connectivity index (χ1) is 3.66. The first-order valence-electron chi connectivity index (χ1n) is 2.69. The third kappa shape index (κ3) is 4.56. The Bertz CT molecular complexity index is 80.6. The first kappa shape index (κ1) is 8.40. The molecule has 0 aliphatic carbocycles. The summed E-state index contributed by atoms with van der Waals surface area (Å²) in [7, 11) is 0. The summed E-state index contributed by atoms with van der Waals surface area (Å²) in [6.45, 7) is 4.11. The Hall–Kier alpha value is 0.400. The van der Waals surface area contributed by atoms with E-state index in [1.807, 2.05) is 6.92 Å². The van der Waals surface area contributed by atoms with Crippen LogP contribution in [-0.2, 0) is 0 Å². The van der Waals surface area contributed by atoms with E-state index in [2.05, 4.69) is 11.9 Å². The standard InChI is InChI=1S/C6H13IN/c1-5(7-3)4-6(2)8/h5,8H,4H2,1-3H3/q-1/t5-/m1/s1. The molecule has 0 aromatic heterocycles. The van der Waals surface area contributed by atoms with Gasteiger partial charge in [-0.15, -0.1) is 0 Å². The Morgan fingerprint density at radius 2 is 2.25 bits per heavy atom. The summed E-state index contributed by atoms with van der Waals surface area (Å²) < 4.78 is 0.811. The van der Waals surface area contributed by atoms with Gasteiger partial charge in [0.05, 0.1) is 0 Å². The molecular formula is C6H13IN-. The summed E-state index contributed by atoms with van der Waals surface area (Å²) in [6, 6.07) is 0. The molecule has 1 N–H and O–H groups in total. The van der Waals surface area contributed by atoms with Gasteiger partial charge in [0.15, 0.2) is 0 Å². The van der Waals surface area contributed by atoms with Crippen molar-refractivity contribution in [3.8, 4) is 0 Å². The number of nitrogens with one attached hydrogen (secondary N) is 1. The van der Waals surface area contributed by atoms with Crippen LogP contribution in [0, 0.1) is 5.41 Å². The van der Waals surface area contributed by atoms with Crippen molar-refractivity contribution in [3.63, 3.8) is 0 Å². The van der Waals surface area contributed by atoms with Gasteiger partial charge in [-0.25, -0.2) is 0 Å². The summed E-state index contributed by atoms with van der Waals surface area (Å²) in [6.07, 6.45) is 1.02. The second-order valence-electron chi connectivity index (χ2n) is 1.98. The predicted octanol–water partition coefficient (Wildman–Crippen LogP) is -1.48. The molecule has 0 rings (SSSR count). The normalized spacial score (nSPS) is 13.9. The van der Waals surface area contributed by atoms with Gasteiger partial charge in [0.1, 0.15) is 0 Å². The predicted molar refractivity (Wildman–Crippen MR) is 33.4 cm³/mol. The molecule has 0 spiro atoms. The van der Waals surface area contributed by atoms with Crippen LogP contribution < -0.4 is 21.2 Å². The van der Waals surface area contributed by atoms with Crippen LogP contribution in [0.25, 0.3) is 0 Å². The van der Waals surface area contributed by atoms with Crippen molar-refractivity contribution >= 4 is 5.71 Å². The topological polar surface area (TPSA) is 23.9 Å². The van der Waals surface area contributed by atoms with Crippen LogP contribution in [0.5, 0.6) is 0 Å². The molecule has 0 radical (unpaired) electrons. The Labute approximate surface area is 61.6 Å². The maximum absolute atomic E-state index is 7.15. The van der Waals surface area contributed by atoms with Gasteiger partial charge in [-0.1, -0.05) is 0 Å². The average molecular weight is 226 g/mol. The van der Waals surface area contributed by atoms with E-state index in [1.165, 1.54) is 0 Å². The average Bonchev–Trinajstić information content (AvgIpc) is 1.65. The molecule has 0 amide bonds. The van der Waals surface area contributed by atoms with Gasteiger partial charge in [-0.3, -0.25) is 0 Å². The second kappa shape index (κ2) is 4.30. The zero-order chi connectivity index (χ0) is 6.57. The monoisotopic (exact) mass is 226 g/mol. The van der Waals surface area contributed by atoms with Crippen LogP contribution >= 0.6 is 0 Å². The molecule has 1 atom stereocenters. The molecule has 8 heavy (non-hydrogen) atoms. The Morgan fingerprint density at radius 1 is 1.75 bits per heavy atom. The van der Waals surface area contributed by atoms with Crippen LogP contribution in [0.15, 0.2) is 0 Å². The SMILES string of the molecule is C[I-][C@H](C)CC(C)=N. The van der Waals surface area contributed by atoms with Gasteiger partial charge in [0, 0.05) is 0 Å². The van der Waals surface area contributed by atoms with E-state index in [9.17, 15) is 0 Å². The number of alkyl halides is 2. The molecule has 50 valence electrons. The van der Waals surface area contributed by atoms with E-state index in [-0.39, 0.29) is 0 Å². The zero-order valence-corrected chi connectivity index (χ0v) is 7.82. The molecule has 0 saturated carbocycles. The number of hydrogen-bond acceptors (Lipinski definition) is 1. The van der Waals surface area contributed by atoms with Crippen LogP contribution in [0.1, 0.15) is 20.3 Å². The summed E-state index contributed by atoms with van der Waals surface area (Å²) in [4.78, 5) is 2.27. The summed E-state index contributed by atoms with van der Waals surface area (Å²) in [5.74, 6) is 0. The Kier molecular flexibility index (Phi) is 4.51. The van der Waals surface area contributed by atoms with Crippen molar-refractivity contribution in [2.45, 2.75) is 24.2 Å². The van der Waals surface area contributed by atoms with E-state index >= 15 is 0 Å².